The SMILES string of the molecule is CN(C)S(=O)(=O)N1CCCC(O)c2ccccc21. The second-order valence-electron chi connectivity index (χ2n) is 4.58. The van der Waals surface area contributed by atoms with Gasteiger partial charge in [0.25, 0.3) is 0 Å². The van der Waals surface area contributed by atoms with E-state index in [2.05, 4.69) is 0 Å². The molecule has 0 saturated heterocycles. The molecule has 0 radical (unpaired) electrons. The van der Waals surface area contributed by atoms with Crippen LogP contribution in [0.4, 0.5) is 5.69 Å². The summed E-state index contributed by atoms with van der Waals surface area (Å²) in [4.78, 5) is 0. The summed E-state index contributed by atoms with van der Waals surface area (Å²) in [6.45, 7) is 0.397. The number of fused-ring (bicyclic) bond motifs is 1. The molecule has 1 atom stereocenters. The quantitative estimate of drug-likeness (QED) is 0.876. The number of aliphatic hydroxyl groups is 1. The maximum absolute atomic E-state index is 12.3. The topological polar surface area (TPSA) is 60.9 Å². The minimum Gasteiger partial charge on any atom is -0.388 e. The molecule has 5 nitrogen and oxygen atoms in total. The van der Waals surface area contributed by atoms with Crippen LogP contribution in [0.25, 0.3) is 0 Å². The monoisotopic (exact) mass is 270 g/mol. The van der Waals surface area contributed by atoms with Crippen LogP contribution in [0.15, 0.2) is 24.3 Å². The maximum Gasteiger partial charge on any atom is 0.303 e. The Bertz CT molecular complexity index is 528. The molecule has 1 aromatic rings. The minimum atomic E-state index is -3.50. The van der Waals surface area contributed by atoms with Crippen molar-refractivity contribution >= 4 is 15.9 Å². The molecule has 1 heterocycles. The van der Waals surface area contributed by atoms with E-state index in [0.717, 1.165) is 0 Å². The second kappa shape index (κ2) is 4.87. The Hall–Kier alpha value is -1.11. The lowest BCUT2D eigenvalue weighted by Crippen LogP contribution is -2.40. The third kappa shape index (κ3) is 2.23. The van der Waals surface area contributed by atoms with E-state index < -0.39 is 16.3 Å². The van der Waals surface area contributed by atoms with Crippen LogP contribution in [0.1, 0.15) is 24.5 Å². The molecule has 1 aromatic carbocycles. The molecule has 0 aromatic heterocycles. The Labute approximate surface area is 108 Å². The highest BCUT2D eigenvalue weighted by Crippen LogP contribution is 2.34. The minimum absolute atomic E-state index is 0.397. The van der Waals surface area contributed by atoms with E-state index in [1.165, 1.54) is 22.7 Å². The first-order valence-electron chi connectivity index (χ1n) is 5.92. The van der Waals surface area contributed by atoms with Crippen LogP contribution in [0, 0.1) is 0 Å². The molecular weight excluding hydrogens is 252 g/mol. The van der Waals surface area contributed by atoms with Crippen LogP contribution < -0.4 is 4.31 Å². The lowest BCUT2D eigenvalue weighted by atomic mass is 10.1. The predicted molar refractivity (Wildman–Crippen MR) is 70.6 cm³/mol. The van der Waals surface area contributed by atoms with Gasteiger partial charge in [-0.3, -0.25) is 4.31 Å². The normalized spacial score (nSPS) is 20.7. The molecule has 0 spiro atoms. The molecule has 1 aliphatic rings. The van der Waals surface area contributed by atoms with E-state index in [9.17, 15) is 13.5 Å². The number of hydrogen-bond donors (Lipinski definition) is 1. The molecule has 0 amide bonds. The summed E-state index contributed by atoms with van der Waals surface area (Å²) in [6, 6.07) is 7.12. The van der Waals surface area contributed by atoms with Gasteiger partial charge in [-0.25, -0.2) is 0 Å². The standard InChI is InChI=1S/C12H18N2O3S/c1-13(2)18(16,17)14-9-5-8-12(15)10-6-3-4-7-11(10)14/h3-4,6-7,12,15H,5,8-9H2,1-2H3. The van der Waals surface area contributed by atoms with Crippen LogP contribution in [-0.2, 0) is 10.2 Å². The van der Waals surface area contributed by atoms with Crippen molar-refractivity contribution in [3.63, 3.8) is 0 Å². The summed E-state index contributed by atoms with van der Waals surface area (Å²) in [5.41, 5.74) is 1.26. The van der Waals surface area contributed by atoms with E-state index in [4.69, 9.17) is 0 Å². The van der Waals surface area contributed by atoms with E-state index in [0.29, 0.717) is 30.6 Å². The summed E-state index contributed by atoms with van der Waals surface area (Å²) in [5.74, 6) is 0. The van der Waals surface area contributed by atoms with Gasteiger partial charge in [-0.15, -0.1) is 0 Å². The second-order valence-corrected chi connectivity index (χ2v) is 6.65. The average molecular weight is 270 g/mol. The molecule has 1 unspecified atom stereocenters. The van der Waals surface area contributed by atoms with Crippen molar-refractivity contribution in [1.82, 2.24) is 4.31 Å². The van der Waals surface area contributed by atoms with Gasteiger partial charge in [-0.2, -0.15) is 12.7 Å². The van der Waals surface area contributed by atoms with Crippen molar-refractivity contribution in [3.05, 3.63) is 29.8 Å². The smallest absolute Gasteiger partial charge is 0.303 e. The third-order valence-electron chi connectivity index (χ3n) is 3.14. The number of hydrogen-bond acceptors (Lipinski definition) is 3. The fourth-order valence-corrected chi connectivity index (χ4v) is 3.31. The van der Waals surface area contributed by atoms with Crippen LogP contribution in [-0.4, -0.2) is 38.5 Å². The van der Waals surface area contributed by atoms with E-state index >= 15 is 0 Å². The summed E-state index contributed by atoms with van der Waals surface area (Å²) in [5, 5.41) is 10.0. The lowest BCUT2D eigenvalue weighted by molar-refractivity contribution is 0.168. The van der Waals surface area contributed by atoms with Gasteiger partial charge in [0.2, 0.25) is 0 Å². The maximum atomic E-state index is 12.3. The summed E-state index contributed by atoms with van der Waals surface area (Å²) in [6.07, 6.45) is 0.628. The van der Waals surface area contributed by atoms with Gasteiger partial charge in [0.05, 0.1) is 11.8 Å². The Morgan fingerprint density at radius 1 is 1.33 bits per heavy atom. The van der Waals surface area contributed by atoms with Gasteiger partial charge in [-0.1, -0.05) is 18.2 Å². The van der Waals surface area contributed by atoms with Gasteiger partial charge < -0.3 is 5.11 Å². The zero-order valence-corrected chi connectivity index (χ0v) is 11.4. The molecule has 0 saturated carbocycles. The molecule has 100 valence electrons. The highest BCUT2D eigenvalue weighted by Gasteiger charge is 2.30. The largest absolute Gasteiger partial charge is 0.388 e. The van der Waals surface area contributed by atoms with E-state index in [1.807, 2.05) is 6.07 Å². The van der Waals surface area contributed by atoms with Crippen LogP contribution in [0.3, 0.4) is 0 Å². The summed E-state index contributed by atoms with van der Waals surface area (Å²) in [7, 11) is -0.478. The number of anilines is 1. The van der Waals surface area contributed by atoms with Gasteiger partial charge in [0.1, 0.15) is 0 Å². The lowest BCUT2D eigenvalue weighted by Gasteiger charge is -2.27. The molecule has 1 N–H and O–H groups in total. The van der Waals surface area contributed by atoms with Crippen molar-refractivity contribution in [3.8, 4) is 0 Å². The molecule has 18 heavy (non-hydrogen) atoms. The fraction of sp³-hybridized carbons (Fsp3) is 0.500. The molecule has 6 heteroatoms. The molecule has 0 bridgehead atoms. The number of nitrogens with zero attached hydrogens (tertiary/aromatic N) is 2. The van der Waals surface area contributed by atoms with Crippen LogP contribution >= 0.6 is 0 Å². The zero-order chi connectivity index (χ0) is 13.3. The van der Waals surface area contributed by atoms with Gasteiger partial charge >= 0.3 is 10.2 Å². The first-order chi connectivity index (χ1) is 8.44. The number of para-hydroxylation sites is 1. The van der Waals surface area contributed by atoms with Crippen molar-refractivity contribution < 1.29 is 13.5 Å². The van der Waals surface area contributed by atoms with Crippen LogP contribution in [0.2, 0.25) is 0 Å². The fourth-order valence-electron chi connectivity index (χ4n) is 2.14. The van der Waals surface area contributed by atoms with Crippen LogP contribution in [0.5, 0.6) is 0 Å². The van der Waals surface area contributed by atoms with Crippen molar-refractivity contribution in [2.24, 2.45) is 0 Å². The molecule has 1 aliphatic heterocycles. The van der Waals surface area contributed by atoms with E-state index in [1.54, 1.807) is 18.2 Å². The highest BCUT2D eigenvalue weighted by molar-refractivity contribution is 7.90. The van der Waals surface area contributed by atoms with Crippen molar-refractivity contribution in [1.29, 1.82) is 0 Å². The molecule has 0 aliphatic carbocycles. The van der Waals surface area contributed by atoms with Gasteiger partial charge in [-0.05, 0) is 18.9 Å². The van der Waals surface area contributed by atoms with Gasteiger partial charge in [0.15, 0.2) is 0 Å². The summed E-state index contributed by atoms with van der Waals surface area (Å²) < 4.78 is 27.1. The summed E-state index contributed by atoms with van der Waals surface area (Å²) >= 11 is 0. The van der Waals surface area contributed by atoms with Gasteiger partial charge in [0, 0.05) is 26.2 Å². The molecule has 2 rings (SSSR count). The first kappa shape index (κ1) is 13.3. The third-order valence-corrected chi connectivity index (χ3v) is 5.00. The Morgan fingerprint density at radius 2 is 2.00 bits per heavy atom. The average Bonchev–Trinajstić information content (AvgIpc) is 2.49. The van der Waals surface area contributed by atoms with Crippen molar-refractivity contribution in [2.45, 2.75) is 18.9 Å². The number of aliphatic hydroxyl groups excluding tert-OH is 1. The Morgan fingerprint density at radius 3 is 2.67 bits per heavy atom. The highest BCUT2D eigenvalue weighted by atomic mass is 32.2. The molecular formula is C12H18N2O3S. The zero-order valence-electron chi connectivity index (χ0n) is 10.6. The molecule has 0 fully saturated rings. The predicted octanol–water partition coefficient (Wildman–Crippen LogP) is 1.13. The Balaban J connectivity index is 2.54. The van der Waals surface area contributed by atoms with E-state index in [-0.39, 0.29) is 0 Å². The Kier molecular flexibility index (Phi) is 3.61. The van der Waals surface area contributed by atoms with Crippen molar-refractivity contribution in [2.75, 3.05) is 24.9 Å². The number of rotatable bonds is 2. The first-order valence-corrected chi connectivity index (χ1v) is 7.31. The number of benzene rings is 1.